The van der Waals surface area contributed by atoms with Crippen molar-refractivity contribution in [2.45, 2.75) is 18.9 Å². The number of aromatic hydroxyl groups is 1. The van der Waals surface area contributed by atoms with Crippen molar-refractivity contribution in [3.05, 3.63) is 18.1 Å². The van der Waals surface area contributed by atoms with E-state index in [1.807, 2.05) is 0 Å². The quantitative estimate of drug-likeness (QED) is 0.675. The van der Waals surface area contributed by atoms with Crippen LogP contribution in [0.2, 0.25) is 0 Å². The van der Waals surface area contributed by atoms with Gasteiger partial charge in [0.25, 0.3) is 0 Å². The Kier molecular flexibility index (Phi) is 1.39. The van der Waals surface area contributed by atoms with E-state index in [0.717, 1.165) is 0 Å². The summed E-state index contributed by atoms with van der Waals surface area (Å²) >= 11 is 0. The molecule has 2 rings (SSSR count). The van der Waals surface area contributed by atoms with E-state index in [-0.39, 0.29) is 11.8 Å². The molecule has 3 N–H and O–H groups in total. The summed E-state index contributed by atoms with van der Waals surface area (Å²) in [7, 11) is 0. The van der Waals surface area contributed by atoms with Gasteiger partial charge < -0.3 is 15.3 Å². The third-order valence-corrected chi connectivity index (χ3v) is 2.06. The molecule has 0 bridgehead atoms. The first-order chi connectivity index (χ1) is 5.27. The van der Waals surface area contributed by atoms with Crippen LogP contribution in [-0.4, -0.2) is 5.11 Å². The van der Waals surface area contributed by atoms with Gasteiger partial charge in [0.2, 0.25) is 0 Å². The molecule has 0 aromatic carbocycles. The average molecular weight is 153 g/mol. The fourth-order valence-electron chi connectivity index (χ4n) is 1.20. The van der Waals surface area contributed by atoms with Crippen LogP contribution in [0.25, 0.3) is 0 Å². The minimum Gasteiger partial charge on any atom is -0.505 e. The average Bonchev–Trinajstić information content (AvgIpc) is 2.74. The summed E-state index contributed by atoms with van der Waals surface area (Å²) in [5.41, 5.74) is 5.81. The highest BCUT2D eigenvalue weighted by molar-refractivity contribution is 5.20. The van der Waals surface area contributed by atoms with Gasteiger partial charge >= 0.3 is 0 Å². The van der Waals surface area contributed by atoms with Gasteiger partial charge in [-0.3, -0.25) is 0 Å². The number of rotatable bonds is 2. The molecule has 1 aromatic heterocycles. The van der Waals surface area contributed by atoms with E-state index in [1.165, 1.54) is 19.1 Å². The van der Waals surface area contributed by atoms with Gasteiger partial charge in [0, 0.05) is 6.07 Å². The summed E-state index contributed by atoms with van der Waals surface area (Å²) in [5.74, 6) is 1.43. The highest BCUT2D eigenvalue weighted by Gasteiger charge is 2.31. The molecule has 0 amide bonds. The second-order valence-electron chi connectivity index (χ2n) is 3.07. The first-order valence-electron chi connectivity index (χ1n) is 3.80. The Morgan fingerprint density at radius 2 is 2.36 bits per heavy atom. The fourth-order valence-corrected chi connectivity index (χ4v) is 1.20. The van der Waals surface area contributed by atoms with Crippen LogP contribution in [0, 0.1) is 5.92 Å². The zero-order valence-electron chi connectivity index (χ0n) is 6.16. The Labute approximate surface area is 64.8 Å². The van der Waals surface area contributed by atoms with Crippen molar-refractivity contribution in [1.29, 1.82) is 0 Å². The largest absolute Gasteiger partial charge is 0.505 e. The van der Waals surface area contributed by atoms with E-state index in [9.17, 15) is 0 Å². The maximum Gasteiger partial charge on any atom is 0.154 e. The lowest BCUT2D eigenvalue weighted by Gasteiger charge is -2.03. The van der Waals surface area contributed by atoms with E-state index in [1.54, 1.807) is 6.07 Å². The van der Waals surface area contributed by atoms with Crippen LogP contribution in [0.5, 0.6) is 5.75 Å². The van der Waals surface area contributed by atoms with Gasteiger partial charge in [0.05, 0.1) is 6.04 Å². The summed E-state index contributed by atoms with van der Waals surface area (Å²) in [6.45, 7) is 0. The summed E-state index contributed by atoms with van der Waals surface area (Å²) in [6, 6.07) is 1.57. The molecule has 0 aliphatic heterocycles. The molecule has 3 nitrogen and oxygen atoms in total. The zero-order chi connectivity index (χ0) is 7.84. The minimum absolute atomic E-state index is 0.0177. The first kappa shape index (κ1) is 6.73. The molecule has 0 radical (unpaired) electrons. The number of furan rings is 1. The van der Waals surface area contributed by atoms with Gasteiger partial charge in [-0.15, -0.1) is 0 Å². The van der Waals surface area contributed by atoms with Crippen LogP contribution in [0.15, 0.2) is 16.7 Å². The number of hydrogen-bond acceptors (Lipinski definition) is 3. The molecule has 1 aliphatic rings. The van der Waals surface area contributed by atoms with E-state index in [4.69, 9.17) is 15.3 Å². The molecule has 1 saturated carbocycles. The van der Waals surface area contributed by atoms with Crippen LogP contribution < -0.4 is 5.73 Å². The monoisotopic (exact) mass is 153 g/mol. The predicted molar refractivity (Wildman–Crippen MR) is 40.0 cm³/mol. The van der Waals surface area contributed by atoms with Gasteiger partial charge in [-0.2, -0.15) is 0 Å². The van der Waals surface area contributed by atoms with Gasteiger partial charge in [0.15, 0.2) is 5.75 Å². The predicted octanol–water partition coefficient (Wildman–Crippen LogP) is 1.40. The Morgan fingerprint density at radius 3 is 2.82 bits per heavy atom. The molecule has 1 unspecified atom stereocenters. The molecule has 1 fully saturated rings. The molecule has 1 heterocycles. The smallest absolute Gasteiger partial charge is 0.154 e. The summed E-state index contributed by atoms with van der Waals surface area (Å²) < 4.78 is 5.05. The van der Waals surface area contributed by atoms with E-state index < -0.39 is 0 Å². The van der Waals surface area contributed by atoms with Crippen LogP contribution in [-0.2, 0) is 0 Å². The highest BCUT2D eigenvalue weighted by atomic mass is 16.4. The summed E-state index contributed by atoms with van der Waals surface area (Å²) in [6.07, 6.45) is 3.68. The second kappa shape index (κ2) is 2.27. The molecule has 1 aromatic rings. The van der Waals surface area contributed by atoms with Crippen LogP contribution in [0.4, 0.5) is 0 Å². The first-order valence-corrected chi connectivity index (χ1v) is 3.80. The van der Waals surface area contributed by atoms with E-state index in [0.29, 0.717) is 11.7 Å². The van der Waals surface area contributed by atoms with Crippen LogP contribution >= 0.6 is 0 Å². The van der Waals surface area contributed by atoms with Crippen molar-refractivity contribution in [2.75, 3.05) is 0 Å². The molecule has 1 atom stereocenters. The Morgan fingerprint density at radius 1 is 1.64 bits per heavy atom. The second-order valence-corrected chi connectivity index (χ2v) is 3.07. The lowest BCUT2D eigenvalue weighted by Crippen LogP contribution is -2.10. The fraction of sp³-hybridized carbons (Fsp3) is 0.500. The third kappa shape index (κ3) is 1.24. The summed E-state index contributed by atoms with van der Waals surface area (Å²) in [4.78, 5) is 0. The standard InChI is InChI=1S/C8H11NO2/c9-8(5-1-2-5)7-3-6(10)4-11-7/h3-5,8,10H,1-2,9H2. The van der Waals surface area contributed by atoms with Crippen LogP contribution in [0.3, 0.4) is 0 Å². The normalized spacial score (nSPS) is 20.1. The zero-order valence-corrected chi connectivity index (χ0v) is 6.16. The Balaban J connectivity index is 2.14. The van der Waals surface area contributed by atoms with Crippen molar-refractivity contribution in [1.82, 2.24) is 0 Å². The lowest BCUT2D eigenvalue weighted by molar-refractivity contribution is 0.428. The maximum atomic E-state index is 8.95. The molecule has 0 saturated heterocycles. The maximum absolute atomic E-state index is 8.95. The molecule has 60 valence electrons. The van der Waals surface area contributed by atoms with Gasteiger partial charge in [-0.1, -0.05) is 0 Å². The lowest BCUT2D eigenvalue weighted by atomic mass is 10.1. The topological polar surface area (TPSA) is 59.4 Å². The van der Waals surface area contributed by atoms with Crippen molar-refractivity contribution >= 4 is 0 Å². The molecule has 3 heteroatoms. The van der Waals surface area contributed by atoms with E-state index in [2.05, 4.69) is 0 Å². The van der Waals surface area contributed by atoms with Gasteiger partial charge in [-0.25, -0.2) is 0 Å². The number of nitrogens with two attached hydrogens (primary N) is 1. The molecular formula is C8H11NO2. The van der Waals surface area contributed by atoms with Crippen molar-refractivity contribution in [3.8, 4) is 5.75 Å². The van der Waals surface area contributed by atoms with Crippen LogP contribution in [0.1, 0.15) is 24.6 Å². The number of hydrogen-bond donors (Lipinski definition) is 2. The molecule has 0 spiro atoms. The Bertz CT molecular complexity index is 252. The van der Waals surface area contributed by atoms with Gasteiger partial charge in [0.1, 0.15) is 12.0 Å². The minimum atomic E-state index is -0.0177. The SMILES string of the molecule is NC(c1cc(O)co1)C1CC1. The van der Waals surface area contributed by atoms with Crippen molar-refractivity contribution < 1.29 is 9.52 Å². The molecule has 11 heavy (non-hydrogen) atoms. The summed E-state index contributed by atoms with van der Waals surface area (Å²) in [5, 5.41) is 8.95. The van der Waals surface area contributed by atoms with E-state index >= 15 is 0 Å². The third-order valence-electron chi connectivity index (χ3n) is 2.06. The van der Waals surface area contributed by atoms with Crippen molar-refractivity contribution in [3.63, 3.8) is 0 Å². The molecular weight excluding hydrogens is 142 g/mol. The Hall–Kier alpha value is -0.960. The van der Waals surface area contributed by atoms with Crippen molar-refractivity contribution in [2.24, 2.45) is 11.7 Å². The molecule has 1 aliphatic carbocycles. The van der Waals surface area contributed by atoms with Gasteiger partial charge in [-0.05, 0) is 18.8 Å². The highest BCUT2D eigenvalue weighted by Crippen LogP contribution is 2.40.